The highest BCUT2D eigenvalue weighted by atomic mass is 35.5. The van der Waals surface area contributed by atoms with Crippen LogP contribution in [0.1, 0.15) is 0 Å². The van der Waals surface area contributed by atoms with Crippen molar-refractivity contribution in [2.45, 2.75) is 4.90 Å². The lowest BCUT2D eigenvalue weighted by atomic mass is 10.3. The van der Waals surface area contributed by atoms with Gasteiger partial charge in [0, 0.05) is 26.2 Å². The molecule has 0 bridgehead atoms. The van der Waals surface area contributed by atoms with Gasteiger partial charge in [-0.15, -0.1) is 12.4 Å². The Bertz CT molecular complexity index is 721. The number of carbonyl (C=O) groups is 2. The summed E-state index contributed by atoms with van der Waals surface area (Å²) in [7, 11) is -3.69. The summed E-state index contributed by atoms with van der Waals surface area (Å²) in [5.74, 6) is -0.685. The molecule has 1 aromatic carbocycles. The highest BCUT2D eigenvalue weighted by Gasteiger charge is 2.31. The number of hydrogen-bond donors (Lipinski definition) is 2. The van der Waals surface area contributed by atoms with Crippen LogP contribution in [0.3, 0.4) is 0 Å². The molecule has 11 heteroatoms. The van der Waals surface area contributed by atoms with Crippen LogP contribution in [0.4, 0.5) is 0 Å². The molecular formula is C14H20Cl2N4O4S. The predicted octanol–water partition coefficient (Wildman–Crippen LogP) is -0.330. The molecule has 1 aliphatic rings. The van der Waals surface area contributed by atoms with Crippen LogP contribution in [0.25, 0.3) is 0 Å². The number of benzene rings is 1. The lowest BCUT2D eigenvalue weighted by Gasteiger charge is -2.34. The van der Waals surface area contributed by atoms with Crippen LogP contribution in [-0.2, 0) is 19.6 Å². The van der Waals surface area contributed by atoms with E-state index in [4.69, 9.17) is 17.3 Å². The van der Waals surface area contributed by atoms with E-state index in [1.54, 1.807) is 12.1 Å². The van der Waals surface area contributed by atoms with Crippen LogP contribution in [0.15, 0.2) is 29.2 Å². The van der Waals surface area contributed by atoms with Crippen LogP contribution in [0.2, 0.25) is 5.02 Å². The van der Waals surface area contributed by atoms with Gasteiger partial charge in [-0.05, 0) is 12.1 Å². The highest BCUT2D eigenvalue weighted by Crippen LogP contribution is 2.24. The van der Waals surface area contributed by atoms with Crippen molar-refractivity contribution in [2.75, 3.05) is 39.3 Å². The molecule has 1 aromatic rings. The van der Waals surface area contributed by atoms with Gasteiger partial charge in [0.15, 0.2) is 0 Å². The third-order valence-corrected chi connectivity index (χ3v) is 6.07. The quantitative estimate of drug-likeness (QED) is 0.689. The van der Waals surface area contributed by atoms with Gasteiger partial charge in [0.25, 0.3) is 0 Å². The molecule has 1 aliphatic heterocycles. The first kappa shape index (κ1) is 21.7. The Kier molecular flexibility index (Phi) is 8.10. The minimum Gasteiger partial charge on any atom is -0.346 e. The van der Waals surface area contributed by atoms with E-state index in [0.717, 1.165) is 0 Å². The second kappa shape index (κ2) is 9.35. The number of carbonyl (C=O) groups excluding carboxylic acids is 2. The third-order valence-electron chi connectivity index (χ3n) is 3.67. The molecule has 0 unspecified atom stereocenters. The first-order valence-electron chi connectivity index (χ1n) is 7.35. The van der Waals surface area contributed by atoms with Crippen molar-refractivity contribution < 1.29 is 18.0 Å². The van der Waals surface area contributed by atoms with E-state index in [9.17, 15) is 18.0 Å². The molecule has 0 spiro atoms. The number of piperazine rings is 1. The number of amides is 2. The van der Waals surface area contributed by atoms with E-state index in [1.165, 1.54) is 21.3 Å². The molecule has 2 rings (SSSR count). The Labute approximate surface area is 157 Å². The van der Waals surface area contributed by atoms with Gasteiger partial charge in [0.1, 0.15) is 4.90 Å². The van der Waals surface area contributed by atoms with Gasteiger partial charge in [-0.3, -0.25) is 9.59 Å². The molecule has 8 nitrogen and oxygen atoms in total. The Morgan fingerprint density at radius 2 is 1.76 bits per heavy atom. The fourth-order valence-electron chi connectivity index (χ4n) is 2.33. The van der Waals surface area contributed by atoms with Crippen LogP contribution in [-0.4, -0.2) is 68.7 Å². The third kappa shape index (κ3) is 5.29. The van der Waals surface area contributed by atoms with Gasteiger partial charge in [-0.2, -0.15) is 4.31 Å². The number of nitrogens with zero attached hydrogens (tertiary/aromatic N) is 2. The smallest absolute Gasteiger partial charge is 0.244 e. The topological polar surface area (TPSA) is 113 Å². The van der Waals surface area contributed by atoms with E-state index in [-0.39, 0.29) is 67.5 Å². The summed E-state index contributed by atoms with van der Waals surface area (Å²) < 4.78 is 26.5. The number of nitrogens with one attached hydrogen (secondary N) is 1. The van der Waals surface area contributed by atoms with Crippen molar-refractivity contribution >= 4 is 45.8 Å². The Hall–Kier alpha value is -1.39. The normalized spacial score (nSPS) is 15.4. The summed E-state index contributed by atoms with van der Waals surface area (Å²) in [5, 5.41) is 2.57. The zero-order valence-electron chi connectivity index (χ0n) is 13.4. The summed E-state index contributed by atoms with van der Waals surface area (Å²) in [6.45, 7) is 0.515. The largest absolute Gasteiger partial charge is 0.346 e. The summed E-state index contributed by atoms with van der Waals surface area (Å²) in [4.78, 5) is 24.6. The van der Waals surface area contributed by atoms with Gasteiger partial charge in [0.05, 0.1) is 18.1 Å². The van der Waals surface area contributed by atoms with E-state index >= 15 is 0 Å². The number of sulfonamides is 1. The molecule has 1 saturated heterocycles. The maximum Gasteiger partial charge on any atom is 0.244 e. The number of rotatable bonds is 5. The van der Waals surface area contributed by atoms with Gasteiger partial charge in [-0.1, -0.05) is 23.7 Å². The number of halogens is 2. The van der Waals surface area contributed by atoms with Gasteiger partial charge >= 0.3 is 0 Å². The minimum absolute atomic E-state index is 0. The maximum absolute atomic E-state index is 12.6. The van der Waals surface area contributed by atoms with Crippen molar-refractivity contribution in [1.29, 1.82) is 0 Å². The highest BCUT2D eigenvalue weighted by molar-refractivity contribution is 7.89. The number of hydrogen-bond acceptors (Lipinski definition) is 5. The standard InChI is InChI=1S/C14H19ClN4O4S.ClH/c15-11-3-1-2-4-12(11)24(22,23)19-7-5-18(6-8-19)14(21)10-17-13(20)9-16;/h1-4H,5-10,16H2,(H,17,20);1H. The number of nitrogens with two attached hydrogens (primary N) is 1. The molecule has 1 fully saturated rings. The van der Waals surface area contributed by atoms with Gasteiger partial charge in [-0.25, -0.2) is 8.42 Å². The molecular weight excluding hydrogens is 391 g/mol. The molecule has 140 valence electrons. The van der Waals surface area contributed by atoms with Crippen molar-refractivity contribution in [1.82, 2.24) is 14.5 Å². The van der Waals surface area contributed by atoms with E-state index < -0.39 is 15.9 Å². The molecule has 25 heavy (non-hydrogen) atoms. The van der Waals surface area contributed by atoms with Crippen LogP contribution >= 0.6 is 24.0 Å². The first-order valence-corrected chi connectivity index (χ1v) is 9.17. The van der Waals surface area contributed by atoms with Crippen LogP contribution in [0, 0.1) is 0 Å². The minimum atomic E-state index is -3.69. The molecule has 0 radical (unpaired) electrons. The van der Waals surface area contributed by atoms with Crippen molar-refractivity contribution in [3.8, 4) is 0 Å². The second-order valence-electron chi connectivity index (χ2n) is 5.20. The van der Waals surface area contributed by atoms with Crippen molar-refractivity contribution in [2.24, 2.45) is 5.73 Å². The molecule has 2 amide bonds. The Balaban J connectivity index is 0.00000312. The maximum atomic E-state index is 12.6. The average molecular weight is 411 g/mol. The van der Waals surface area contributed by atoms with E-state index in [0.29, 0.717) is 0 Å². The molecule has 0 atom stereocenters. The zero-order valence-corrected chi connectivity index (χ0v) is 15.7. The van der Waals surface area contributed by atoms with Crippen LogP contribution < -0.4 is 11.1 Å². The summed E-state index contributed by atoms with van der Waals surface area (Å²) in [6, 6.07) is 6.25. The molecule has 0 aliphatic carbocycles. The average Bonchev–Trinajstić information content (AvgIpc) is 2.59. The second-order valence-corrected chi connectivity index (χ2v) is 7.51. The fourth-order valence-corrected chi connectivity index (χ4v) is 4.24. The lowest BCUT2D eigenvalue weighted by molar-refractivity contribution is -0.133. The zero-order chi connectivity index (χ0) is 17.7. The molecule has 1 heterocycles. The van der Waals surface area contributed by atoms with E-state index in [1.807, 2.05) is 0 Å². The van der Waals surface area contributed by atoms with Gasteiger partial charge in [0.2, 0.25) is 21.8 Å². The molecule has 0 aromatic heterocycles. The van der Waals surface area contributed by atoms with Crippen LogP contribution in [0.5, 0.6) is 0 Å². The summed E-state index contributed by atoms with van der Waals surface area (Å²) in [5.41, 5.74) is 5.15. The summed E-state index contributed by atoms with van der Waals surface area (Å²) >= 11 is 5.97. The monoisotopic (exact) mass is 410 g/mol. The first-order chi connectivity index (χ1) is 11.4. The lowest BCUT2D eigenvalue weighted by Crippen LogP contribution is -2.52. The van der Waals surface area contributed by atoms with E-state index in [2.05, 4.69) is 5.32 Å². The molecule has 3 N–H and O–H groups in total. The molecule has 0 saturated carbocycles. The predicted molar refractivity (Wildman–Crippen MR) is 96.1 cm³/mol. The Morgan fingerprint density at radius 1 is 1.16 bits per heavy atom. The van der Waals surface area contributed by atoms with Crippen molar-refractivity contribution in [3.63, 3.8) is 0 Å². The summed E-state index contributed by atoms with van der Waals surface area (Å²) in [6.07, 6.45) is 0. The van der Waals surface area contributed by atoms with Crippen molar-refractivity contribution in [3.05, 3.63) is 29.3 Å². The Morgan fingerprint density at radius 3 is 2.32 bits per heavy atom. The van der Waals surface area contributed by atoms with Gasteiger partial charge < -0.3 is 16.0 Å². The fraction of sp³-hybridized carbons (Fsp3) is 0.429. The SMILES string of the molecule is Cl.NCC(=O)NCC(=O)N1CCN(S(=O)(=O)c2ccccc2Cl)CC1.